The second-order valence-electron chi connectivity index (χ2n) is 8.06. The molecule has 0 bridgehead atoms. The Balaban J connectivity index is 3.16. The van der Waals surface area contributed by atoms with Crippen molar-refractivity contribution >= 4 is 0 Å². The Labute approximate surface area is 147 Å². The summed E-state index contributed by atoms with van der Waals surface area (Å²) < 4.78 is 0. The predicted molar refractivity (Wildman–Crippen MR) is 107 cm³/mol. The lowest BCUT2D eigenvalue weighted by Gasteiger charge is -2.21. The molecule has 0 aliphatic rings. The van der Waals surface area contributed by atoms with Gasteiger partial charge >= 0.3 is 0 Å². The van der Waals surface area contributed by atoms with Gasteiger partial charge in [0.05, 0.1) is 0 Å². The molecule has 0 amide bonds. The van der Waals surface area contributed by atoms with E-state index in [1.54, 1.807) is 0 Å². The van der Waals surface area contributed by atoms with Gasteiger partial charge in [-0.2, -0.15) is 0 Å². The van der Waals surface area contributed by atoms with Crippen LogP contribution >= 0.6 is 0 Å². The number of hydrogen-bond donors (Lipinski definition) is 1. The minimum absolute atomic E-state index is 0.348. The molecule has 0 radical (unpaired) electrons. The van der Waals surface area contributed by atoms with E-state index in [1.807, 2.05) is 0 Å². The topological polar surface area (TPSA) is 26.0 Å². The molecule has 0 aromatic carbocycles. The van der Waals surface area contributed by atoms with Crippen molar-refractivity contribution in [2.75, 3.05) is 6.54 Å². The summed E-state index contributed by atoms with van der Waals surface area (Å²) in [5.74, 6) is 0. The Bertz CT molecular complexity index is 255. The molecule has 0 heterocycles. The van der Waals surface area contributed by atoms with E-state index in [9.17, 15) is 0 Å². The van der Waals surface area contributed by atoms with Crippen LogP contribution in [0.2, 0.25) is 0 Å². The first-order valence-corrected chi connectivity index (χ1v) is 10.5. The van der Waals surface area contributed by atoms with Crippen molar-refractivity contribution in [1.82, 2.24) is 0 Å². The quantitative estimate of drug-likeness (QED) is 0.219. The van der Waals surface area contributed by atoms with Gasteiger partial charge in [-0.05, 0) is 44.1 Å². The van der Waals surface area contributed by atoms with Gasteiger partial charge in [0.25, 0.3) is 0 Å². The van der Waals surface area contributed by atoms with Gasteiger partial charge in [-0.3, -0.25) is 0 Å². The van der Waals surface area contributed by atoms with Crippen LogP contribution < -0.4 is 5.73 Å². The lowest BCUT2D eigenvalue weighted by molar-refractivity contribution is 0.330. The third-order valence-electron chi connectivity index (χ3n) is 4.92. The van der Waals surface area contributed by atoms with Gasteiger partial charge in [0, 0.05) is 0 Å². The first kappa shape index (κ1) is 22.7. The summed E-state index contributed by atoms with van der Waals surface area (Å²) in [5, 5.41) is 0. The molecule has 0 rings (SSSR count). The average molecular weight is 324 g/mol. The molecule has 0 aromatic rings. The average Bonchev–Trinajstić information content (AvgIpc) is 2.54. The maximum Gasteiger partial charge on any atom is -0.00258 e. The SMILES string of the molecule is CCCCCCCCC=CCCCCCCCCC(C)(C)CN. The highest BCUT2D eigenvalue weighted by Gasteiger charge is 2.13. The normalized spacial score (nSPS) is 12.3. The molecule has 1 nitrogen and oxygen atoms in total. The summed E-state index contributed by atoms with van der Waals surface area (Å²) in [6, 6.07) is 0. The third kappa shape index (κ3) is 17.9. The number of unbranched alkanes of at least 4 members (excludes halogenated alkanes) is 12. The highest BCUT2D eigenvalue weighted by molar-refractivity contribution is 4.81. The highest BCUT2D eigenvalue weighted by Crippen LogP contribution is 2.22. The first-order valence-electron chi connectivity index (χ1n) is 10.5. The van der Waals surface area contributed by atoms with Gasteiger partial charge in [0.2, 0.25) is 0 Å². The van der Waals surface area contributed by atoms with E-state index in [1.165, 1.54) is 96.3 Å². The number of allylic oxidation sites excluding steroid dienone is 2. The Morgan fingerprint density at radius 2 is 1.09 bits per heavy atom. The molecule has 0 fully saturated rings. The van der Waals surface area contributed by atoms with Gasteiger partial charge in [0.1, 0.15) is 0 Å². The van der Waals surface area contributed by atoms with Crippen LogP contribution in [-0.4, -0.2) is 6.54 Å². The van der Waals surface area contributed by atoms with Crippen LogP contribution in [0.1, 0.15) is 117 Å². The molecule has 23 heavy (non-hydrogen) atoms. The summed E-state index contributed by atoms with van der Waals surface area (Å²) in [4.78, 5) is 0. The van der Waals surface area contributed by atoms with Crippen molar-refractivity contribution in [2.45, 2.75) is 117 Å². The minimum Gasteiger partial charge on any atom is -0.330 e. The molecule has 0 aromatic heterocycles. The van der Waals surface area contributed by atoms with Crippen LogP contribution in [-0.2, 0) is 0 Å². The number of nitrogens with two attached hydrogens (primary N) is 1. The lowest BCUT2D eigenvalue weighted by atomic mass is 9.87. The van der Waals surface area contributed by atoms with Crippen molar-refractivity contribution in [3.8, 4) is 0 Å². The summed E-state index contributed by atoms with van der Waals surface area (Å²) >= 11 is 0. The van der Waals surface area contributed by atoms with Crippen molar-refractivity contribution < 1.29 is 0 Å². The fourth-order valence-corrected chi connectivity index (χ4v) is 2.95. The summed E-state index contributed by atoms with van der Waals surface area (Å²) in [5.41, 5.74) is 6.11. The summed E-state index contributed by atoms with van der Waals surface area (Å²) in [7, 11) is 0. The largest absolute Gasteiger partial charge is 0.330 e. The van der Waals surface area contributed by atoms with E-state index in [0.717, 1.165) is 6.54 Å². The standard InChI is InChI=1S/C22H45N/c1-4-5-6-7-8-9-10-11-12-13-14-15-16-17-18-19-20-22(2,3)21-23/h11-12H,4-10,13-21,23H2,1-3H3. The van der Waals surface area contributed by atoms with Gasteiger partial charge < -0.3 is 5.73 Å². The van der Waals surface area contributed by atoms with E-state index in [-0.39, 0.29) is 0 Å². The summed E-state index contributed by atoms with van der Waals surface area (Å²) in [6.07, 6.45) is 25.5. The smallest absolute Gasteiger partial charge is 0.00258 e. The Kier molecular flexibility index (Phi) is 16.3. The van der Waals surface area contributed by atoms with Crippen LogP contribution in [0, 0.1) is 5.41 Å². The Hall–Kier alpha value is -0.300. The fourth-order valence-electron chi connectivity index (χ4n) is 2.95. The predicted octanol–water partition coefficient (Wildman–Crippen LogP) is 7.40. The van der Waals surface area contributed by atoms with E-state index in [4.69, 9.17) is 5.73 Å². The molecule has 1 heteroatoms. The maximum absolute atomic E-state index is 5.77. The number of hydrogen-bond acceptors (Lipinski definition) is 1. The molecular formula is C22H45N. The minimum atomic E-state index is 0.348. The zero-order chi connectivity index (χ0) is 17.2. The van der Waals surface area contributed by atoms with Gasteiger partial charge in [-0.25, -0.2) is 0 Å². The molecule has 0 atom stereocenters. The third-order valence-corrected chi connectivity index (χ3v) is 4.92. The van der Waals surface area contributed by atoms with E-state index < -0.39 is 0 Å². The van der Waals surface area contributed by atoms with E-state index >= 15 is 0 Å². The second-order valence-corrected chi connectivity index (χ2v) is 8.06. The highest BCUT2D eigenvalue weighted by atomic mass is 14.6. The molecule has 0 saturated carbocycles. The molecule has 138 valence electrons. The fraction of sp³-hybridized carbons (Fsp3) is 0.909. The van der Waals surface area contributed by atoms with Crippen molar-refractivity contribution in [3.05, 3.63) is 12.2 Å². The molecular weight excluding hydrogens is 278 g/mol. The van der Waals surface area contributed by atoms with Crippen LogP contribution in [0.15, 0.2) is 12.2 Å². The van der Waals surface area contributed by atoms with Crippen LogP contribution in [0.4, 0.5) is 0 Å². The zero-order valence-corrected chi connectivity index (χ0v) is 16.5. The zero-order valence-electron chi connectivity index (χ0n) is 16.5. The van der Waals surface area contributed by atoms with Crippen molar-refractivity contribution in [3.63, 3.8) is 0 Å². The Morgan fingerprint density at radius 3 is 1.57 bits per heavy atom. The molecule has 0 saturated heterocycles. The first-order chi connectivity index (χ1) is 11.1. The second kappa shape index (κ2) is 16.6. The number of rotatable bonds is 17. The summed E-state index contributed by atoms with van der Waals surface area (Å²) in [6.45, 7) is 7.67. The molecule has 0 aliphatic carbocycles. The van der Waals surface area contributed by atoms with Gasteiger partial charge in [0.15, 0.2) is 0 Å². The van der Waals surface area contributed by atoms with Crippen LogP contribution in [0.3, 0.4) is 0 Å². The molecule has 0 spiro atoms. The maximum atomic E-state index is 5.77. The van der Waals surface area contributed by atoms with Crippen molar-refractivity contribution in [1.29, 1.82) is 0 Å². The van der Waals surface area contributed by atoms with E-state index in [2.05, 4.69) is 32.9 Å². The van der Waals surface area contributed by atoms with Gasteiger partial charge in [-0.15, -0.1) is 0 Å². The molecule has 0 unspecified atom stereocenters. The monoisotopic (exact) mass is 323 g/mol. The molecule has 2 N–H and O–H groups in total. The van der Waals surface area contributed by atoms with Gasteiger partial charge in [-0.1, -0.05) is 97.1 Å². The van der Waals surface area contributed by atoms with Crippen molar-refractivity contribution in [2.24, 2.45) is 11.1 Å². The Morgan fingerprint density at radius 1 is 0.652 bits per heavy atom. The van der Waals surface area contributed by atoms with E-state index in [0.29, 0.717) is 5.41 Å². The molecule has 0 aliphatic heterocycles. The lowest BCUT2D eigenvalue weighted by Crippen LogP contribution is -2.23. The van der Waals surface area contributed by atoms with Crippen LogP contribution in [0.5, 0.6) is 0 Å². The van der Waals surface area contributed by atoms with Crippen LogP contribution in [0.25, 0.3) is 0 Å².